The summed E-state index contributed by atoms with van der Waals surface area (Å²) < 4.78 is 16.8. The Morgan fingerprint density at radius 3 is 2.47 bits per heavy atom. The van der Waals surface area contributed by atoms with Crippen molar-refractivity contribution in [1.29, 1.82) is 0 Å². The van der Waals surface area contributed by atoms with Crippen LogP contribution in [-0.2, 0) is 0 Å². The monoisotopic (exact) mass is 448 g/mol. The van der Waals surface area contributed by atoms with Gasteiger partial charge in [-0.25, -0.2) is 4.98 Å². The largest absolute Gasteiger partial charge is 0.493 e. The van der Waals surface area contributed by atoms with Crippen molar-refractivity contribution < 1.29 is 18.7 Å². The van der Waals surface area contributed by atoms with Crippen molar-refractivity contribution in [2.45, 2.75) is 19.9 Å². The highest BCUT2D eigenvalue weighted by molar-refractivity contribution is 7.15. The van der Waals surface area contributed by atoms with E-state index in [-0.39, 0.29) is 11.2 Å². The predicted molar refractivity (Wildman–Crippen MR) is 122 cm³/mol. The lowest BCUT2D eigenvalue weighted by molar-refractivity contribution is 0.0971. The molecule has 0 unspecified atom stereocenters. The zero-order valence-electron chi connectivity index (χ0n) is 18.0. The summed E-state index contributed by atoms with van der Waals surface area (Å²) in [5.41, 5.74) is 1.98. The maximum absolute atomic E-state index is 13.6. The molecule has 0 spiro atoms. The summed E-state index contributed by atoms with van der Waals surface area (Å²) in [5, 5.41) is 0.942. The molecule has 1 aliphatic rings. The van der Waals surface area contributed by atoms with Crippen LogP contribution in [0, 0.1) is 13.8 Å². The predicted octanol–water partition coefficient (Wildman–Crippen LogP) is 4.63. The second-order valence-electron chi connectivity index (χ2n) is 7.50. The number of ether oxygens (including phenoxy) is 2. The van der Waals surface area contributed by atoms with Gasteiger partial charge in [-0.1, -0.05) is 18.2 Å². The fourth-order valence-corrected chi connectivity index (χ4v) is 4.95. The van der Waals surface area contributed by atoms with E-state index in [4.69, 9.17) is 13.9 Å². The highest BCUT2D eigenvalue weighted by Gasteiger charge is 2.45. The van der Waals surface area contributed by atoms with Crippen LogP contribution in [0.1, 0.15) is 38.3 Å². The number of aromatic nitrogens is 1. The molecule has 0 radical (unpaired) electrons. The number of amides is 1. The SMILES string of the molecule is COc1ccc([C@@H]2c3c(oc4ccccc4c3=O)C(=O)N2c2nc(C)c(C)s2)cc1OC. The van der Waals surface area contributed by atoms with Gasteiger partial charge in [0.1, 0.15) is 5.58 Å². The van der Waals surface area contributed by atoms with Gasteiger partial charge in [0, 0.05) is 4.88 Å². The van der Waals surface area contributed by atoms with Gasteiger partial charge in [0.25, 0.3) is 5.91 Å². The van der Waals surface area contributed by atoms with Gasteiger partial charge in [-0.3, -0.25) is 14.5 Å². The van der Waals surface area contributed by atoms with Crippen LogP contribution in [0.15, 0.2) is 51.7 Å². The summed E-state index contributed by atoms with van der Waals surface area (Å²) in [7, 11) is 3.10. The van der Waals surface area contributed by atoms with Crippen molar-refractivity contribution in [2.24, 2.45) is 0 Å². The molecule has 5 rings (SSSR count). The van der Waals surface area contributed by atoms with E-state index >= 15 is 0 Å². The summed E-state index contributed by atoms with van der Waals surface area (Å²) in [5.74, 6) is 0.705. The van der Waals surface area contributed by atoms with Gasteiger partial charge >= 0.3 is 0 Å². The molecule has 162 valence electrons. The van der Waals surface area contributed by atoms with Gasteiger partial charge < -0.3 is 13.9 Å². The Labute approximate surface area is 187 Å². The van der Waals surface area contributed by atoms with Crippen LogP contribution in [0.25, 0.3) is 11.0 Å². The number of para-hydroxylation sites is 1. The van der Waals surface area contributed by atoms with Crippen LogP contribution in [0.3, 0.4) is 0 Å². The lowest BCUT2D eigenvalue weighted by Crippen LogP contribution is -2.29. The molecule has 4 aromatic rings. The number of aryl methyl sites for hydroxylation is 2. The van der Waals surface area contributed by atoms with Gasteiger partial charge in [-0.15, -0.1) is 11.3 Å². The molecule has 1 atom stereocenters. The molecule has 0 saturated carbocycles. The molecule has 0 bridgehead atoms. The third-order valence-corrected chi connectivity index (χ3v) is 6.80. The molecule has 1 amide bonds. The van der Waals surface area contributed by atoms with E-state index in [1.54, 1.807) is 55.5 Å². The topological polar surface area (TPSA) is 81.9 Å². The van der Waals surface area contributed by atoms with E-state index in [0.29, 0.717) is 38.7 Å². The number of benzene rings is 2. The molecule has 3 heterocycles. The van der Waals surface area contributed by atoms with Crippen molar-refractivity contribution in [3.8, 4) is 11.5 Å². The zero-order chi connectivity index (χ0) is 22.6. The number of nitrogens with zero attached hydrogens (tertiary/aromatic N) is 2. The fourth-order valence-electron chi connectivity index (χ4n) is 4.01. The Kier molecular flexibility index (Phi) is 4.74. The van der Waals surface area contributed by atoms with Gasteiger partial charge in [-0.05, 0) is 43.7 Å². The third kappa shape index (κ3) is 2.90. The molecule has 0 aliphatic carbocycles. The van der Waals surface area contributed by atoms with E-state index < -0.39 is 11.9 Å². The number of carbonyl (C=O) groups excluding carboxylic acids is 1. The van der Waals surface area contributed by atoms with Crippen molar-refractivity contribution >= 4 is 33.3 Å². The summed E-state index contributed by atoms with van der Waals surface area (Å²) in [6.07, 6.45) is 0. The first-order chi connectivity index (χ1) is 15.4. The Morgan fingerprint density at radius 2 is 1.78 bits per heavy atom. The first kappa shape index (κ1) is 20.3. The number of hydrogen-bond donors (Lipinski definition) is 0. The summed E-state index contributed by atoms with van der Waals surface area (Å²) in [6, 6.07) is 11.6. The number of anilines is 1. The summed E-state index contributed by atoms with van der Waals surface area (Å²) in [4.78, 5) is 34.3. The lowest BCUT2D eigenvalue weighted by Gasteiger charge is -2.23. The highest BCUT2D eigenvalue weighted by Crippen LogP contribution is 2.44. The quantitative estimate of drug-likeness (QED) is 0.453. The minimum atomic E-state index is -0.705. The van der Waals surface area contributed by atoms with Crippen LogP contribution < -0.4 is 19.8 Å². The Hall–Kier alpha value is -3.65. The van der Waals surface area contributed by atoms with Crippen LogP contribution >= 0.6 is 11.3 Å². The van der Waals surface area contributed by atoms with Crippen molar-refractivity contribution in [2.75, 3.05) is 19.1 Å². The van der Waals surface area contributed by atoms with E-state index in [2.05, 4.69) is 4.98 Å². The fraction of sp³-hybridized carbons (Fsp3) is 0.208. The highest BCUT2D eigenvalue weighted by atomic mass is 32.1. The number of fused-ring (bicyclic) bond motifs is 2. The molecule has 0 fully saturated rings. The van der Waals surface area contributed by atoms with E-state index in [9.17, 15) is 9.59 Å². The first-order valence-electron chi connectivity index (χ1n) is 9.99. The molecule has 0 N–H and O–H groups in total. The van der Waals surface area contributed by atoms with E-state index in [1.807, 2.05) is 19.9 Å². The zero-order valence-corrected chi connectivity index (χ0v) is 18.8. The molecule has 32 heavy (non-hydrogen) atoms. The standard InChI is InChI=1S/C24H20N2O5S/c1-12-13(2)32-24(25-12)26-20(14-9-10-17(29-3)18(11-14)30-4)19-21(27)15-7-5-6-8-16(15)31-22(19)23(26)28/h5-11,20H,1-4H3/t20-/m1/s1. The lowest BCUT2D eigenvalue weighted by atomic mass is 9.98. The molecule has 2 aromatic carbocycles. The van der Waals surface area contributed by atoms with E-state index in [0.717, 1.165) is 10.6 Å². The van der Waals surface area contributed by atoms with Crippen LogP contribution in [0.5, 0.6) is 11.5 Å². The van der Waals surface area contributed by atoms with Crippen molar-refractivity contribution in [3.05, 3.63) is 80.1 Å². The van der Waals surface area contributed by atoms with Gasteiger partial charge in [-0.2, -0.15) is 0 Å². The van der Waals surface area contributed by atoms with E-state index in [1.165, 1.54) is 11.3 Å². The molecule has 2 aromatic heterocycles. The molecular formula is C24H20N2O5S. The minimum Gasteiger partial charge on any atom is -0.493 e. The maximum atomic E-state index is 13.6. The molecule has 8 heteroatoms. The smallest absolute Gasteiger partial charge is 0.297 e. The Bertz CT molecular complexity index is 1420. The number of rotatable bonds is 4. The van der Waals surface area contributed by atoms with Gasteiger partial charge in [0.15, 0.2) is 22.1 Å². The molecule has 1 aliphatic heterocycles. The average Bonchev–Trinajstić information content (AvgIpc) is 3.29. The van der Waals surface area contributed by atoms with Crippen molar-refractivity contribution in [1.82, 2.24) is 4.98 Å². The number of carbonyl (C=O) groups is 1. The number of hydrogen-bond acceptors (Lipinski definition) is 7. The molecule has 0 saturated heterocycles. The summed E-state index contributed by atoms with van der Waals surface area (Å²) >= 11 is 1.41. The molecular weight excluding hydrogens is 428 g/mol. The van der Waals surface area contributed by atoms with Crippen LogP contribution in [-0.4, -0.2) is 25.1 Å². The Balaban J connectivity index is 1.81. The van der Waals surface area contributed by atoms with Gasteiger partial charge in [0.05, 0.1) is 36.9 Å². The second-order valence-corrected chi connectivity index (χ2v) is 8.68. The van der Waals surface area contributed by atoms with Gasteiger partial charge in [0.2, 0.25) is 5.76 Å². The Morgan fingerprint density at radius 1 is 1.03 bits per heavy atom. The number of methoxy groups -OCH3 is 2. The maximum Gasteiger partial charge on any atom is 0.297 e. The molecule has 7 nitrogen and oxygen atoms in total. The average molecular weight is 449 g/mol. The normalized spacial score (nSPS) is 15.3. The van der Waals surface area contributed by atoms with Crippen molar-refractivity contribution in [3.63, 3.8) is 0 Å². The van der Waals surface area contributed by atoms with Crippen LogP contribution in [0.2, 0.25) is 0 Å². The van der Waals surface area contributed by atoms with Crippen LogP contribution in [0.4, 0.5) is 5.13 Å². The third-order valence-electron chi connectivity index (χ3n) is 5.72. The number of thiazole rings is 1. The summed E-state index contributed by atoms with van der Waals surface area (Å²) in [6.45, 7) is 3.85. The minimum absolute atomic E-state index is 0.0407. The second kappa shape index (κ2) is 7.49. The first-order valence-corrected chi connectivity index (χ1v) is 10.8.